The second-order valence-electron chi connectivity index (χ2n) is 4.24. The molecule has 3 nitrogen and oxygen atoms in total. The van der Waals surface area contributed by atoms with Crippen molar-refractivity contribution in [3.05, 3.63) is 62.5 Å². The highest BCUT2D eigenvalue weighted by Crippen LogP contribution is 2.20. The number of rotatable bonds is 2. The van der Waals surface area contributed by atoms with E-state index in [2.05, 4.69) is 27.6 Å². The maximum atomic E-state index is 12.8. The summed E-state index contributed by atoms with van der Waals surface area (Å²) in [5, 5.41) is 1.36. The molecule has 0 unspecified atom stereocenters. The summed E-state index contributed by atoms with van der Waals surface area (Å²) in [5.74, 6) is 0. The van der Waals surface area contributed by atoms with Gasteiger partial charge in [-0.3, -0.25) is 9.36 Å². The van der Waals surface area contributed by atoms with Crippen molar-refractivity contribution in [2.75, 3.05) is 6.26 Å². The number of para-hydroxylation sites is 1. The van der Waals surface area contributed by atoms with E-state index in [1.54, 1.807) is 4.57 Å². The van der Waals surface area contributed by atoms with Gasteiger partial charge >= 0.3 is 0 Å². The molecule has 3 rings (SSSR count). The summed E-state index contributed by atoms with van der Waals surface area (Å²) in [7, 11) is 0. The first kappa shape index (κ1) is 13.6. The maximum Gasteiger partial charge on any atom is 0.266 e. The molecule has 0 bridgehead atoms. The molecule has 2 aromatic carbocycles. The highest BCUT2D eigenvalue weighted by molar-refractivity contribution is 14.1. The molecule has 3 aromatic rings. The monoisotopic (exact) mass is 394 g/mol. The Morgan fingerprint density at radius 3 is 2.60 bits per heavy atom. The van der Waals surface area contributed by atoms with Crippen LogP contribution in [-0.2, 0) is 0 Å². The van der Waals surface area contributed by atoms with Crippen LogP contribution in [0.5, 0.6) is 0 Å². The summed E-state index contributed by atoms with van der Waals surface area (Å²) in [5.41, 5.74) is 1.56. The average molecular weight is 394 g/mol. The first-order valence-electron chi connectivity index (χ1n) is 6.02. The van der Waals surface area contributed by atoms with Crippen molar-refractivity contribution in [1.29, 1.82) is 0 Å². The largest absolute Gasteiger partial charge is 0.268 e. The Bertz CT molecular complexity index is 830. The van der Waals surface area contributed by atoms with E-state index in [0.29, 0.717) is 10.5 Å². The van der Waals surface area contributed by atoms with Gasteiger partial charge in [0.1, 0.15) is 0 Å². The molecule has 0 fully saturated rings. The Kier molecular flexibility index (Phi) is 3.80. The van der Waals surface area contributed by atoms with Crippen LogP contribution in [0.4, 0.5) is 0 Å². The summed E-state index contributed by atoms with van der Waals surface area (Å²) in [4.78, 5) is 17.4. The zero-order valence-corrected chi connectivity index (χ0v) is 13.7. The third-order valence-electron chi connectivity index (χ3n) is 3.00. The minimum atomic E-state index is -0.0240. The van der Waals surface area contributed by atoms with Gasteiger partial charge in [0.25, 0.3) is 5.56 Å². The van der Waals surface area contributed by atoms with Crippen LogP contribution >= 0.6 is 34.4 Å². The van der Waals surface area contributed by atoms with E-state index in [9.17, 15) is 4.79 Å². The summed E-state index contributed by atoms with van der Waals surface area (Å²) >= 11 is 3.68. The molecule has 0 N–H and O–H groups in total. The normalized spacial score (nSPS) is 10.9. The zero-order valence-electron chi connectivity index (χ0n) is 10.7. The number of aromatic nitrogens is 2. The molecular weight excluding hydrogens is 383 g/mol. The minimum Gasteiger partial charge on any atom is -0.268 e. The second kappa shape index (κ2) is 5.57. The van der Waals surface area contributed by atoms with Gasteiger partial charge in [-0.05, 0) is 59.2 Å². The van der Waals surface area contributed by atoms with Crippen molar-refractivity contribution in [3.63, 3.8) is 0 Å². The Labute approximate surface area is 134 Å². The van der Waals surface area contributed by atoms with Gasteiger partial charge < -0.3 is 0 Å². The lowest BCUT2D eigenvalue weighted by atomic mass is 10.2. The molecule has 0 radical (unpaired) electrons. The average Bonchev–Trinajstić information content (AvgIpc) is 2.48. The molecule has 0 aliphatic carbocycles. The fraction of sp³-hybridized carbons (Fsp3) is 0.0667. The Hall–Kier alpha value is -1.34. The van der Waals surface area contributed by atoms with E-state index in [-0.39, 0.29) is 5.56 Å². The Balaban J connectivity index is 2.41. The lowest BCUT2D eigenvalue weighted by molar-refractivity contribution is 0.821. The second-order valence-corrected chi connectivity index (χ2v) is 6.26. The van der Waals surface area contributed by atoms with Crippen molar-refractivity contribution < 1.29 is 0 Å². The van der Waals surface area contributed by atoms with Gasteiger partial charge in [0.15, 0.2) is 5.16 Å². The summed E-state index contributed by atoms with van der Waals surface area (Å²) in [6.07, 6.45) is 1.93. The summed E-state index contributed by atoms with van der Waals surface area (Å²) in [6.45, 7) is 0. The zero-order chi connectivity index (χ0) is 14.1. The van der Waals surface area contributed by atoms with Crippen molar-refractivity contribution in [1.82, 2.24) is 9.55 Å². The van der Waals surface area contributed by atoms with Crippen LogP contribution in [-0.4, -0.2) is 15.8 Å². The Morgan fingerprint density at radius 2 is 1.90 bits per heavy atom. The van der Waals surface area contributed by atoms with Gasteiger partial charge in [-0.1, -0.05) is 30.0 Å². The molecule has 0 spiro atoms. The van der Waals surface area contributed by atoms with Crippen LogP contribution in [0.15, 0.2) is 58.5 Å². The number of thioether (sulfide) groups is 1. The predicted octanol–water partition coefficient (Wildman–Crippen LogP) is 3.71. The molecule has 20 heavy (non-hydrogen) atoms. The lowest BCUT2D eigenvalue weighted by Gasteiger charge is -2.11. The van der Waals surface area contributed by atoms with Crippen LogP contribution < -0.4 is 5.56 Å². The number of halogens is 1. The molecule has 0 saturated heterocycles. The highest BCUT2D eigenvalue weighted by atomic mass is 127. The van der Waals surface area contributed by atoms with E-state index < -0.39 is 0 Å². The molecule has 0 amide bonds. The van der Waals surface area contributed by atoms with Gasteiger partial charge in [-0.2, -0.15) is 0 Å². The fourth-order valence-electron chi connectivity index (χ4n) is 2.08. The molecule has 1 aromatic heterocycles. The molecule has 0 aliphatic heterocycles. The van der Waals surface area contributed by atoms with Crippen LogP contribution in [0.25, 0.3) is 16.6 Å². The molecular formula is C15H11IN2OS. The van der Waals surface area contributed by atoms with Crippen LogP contribution in [0.1, 0.15) is 0 Å². The SMILES string of the molecule is CSc1nc2ccc(I)cc2c(=O)n1-c1ccccc1. The van der Waals surface area contributed by atoms with Gasteiger partial charge in [0.05, 0.1) is 16.6 Å². The smallest absolute Gasteiger partial charge is 0.266 e. The molecule has 0 atom stereocenters. The quantitative estimate of drug-likeness (QED) is 0.378. The third kappa shape index (κ3) is 2.35. The molecule has 0 saturated carbocycles. The standard InChI is InChI=1S/C15H11IN2OS/c1-20-15-17-13-8-7-10(16)9-12(13)14(19)18(15)11-5-3-2-4-6-11/h2-9H,1H3. The van der Waals surface area contributed by atoms with E-state index >= 15 is 0 Å². The molecule has 1 heterocycles. The minimum absolute atomic E-state index is 0.0240. The predicted molar refractivity (Wildman–Crippen MR) is 91.8 cm³/mol. The van der Waals surface area contributed by atoms with E-state index in [1.165, 1.54) is 11.8 Å². The highest BCUT2D eigenvalue weighted by Gasteiger charge is 2.12. The first-order valence-corrected chi connectivity index (χ1v) is 8.33. The van der Waals surface area contributed by atoms with E-state index in [4.69, 9.17) is 0 Å². The van der Waals surface area contributed by atoms with Gasteiger partial charge in [-0.15, -0.1) is 0 Å². The summed E-state index contributed by atoms with van der Waals surface area (Å²) < 4.78 is 2.70. The molecule has 0 aliphatic rings. The molecule has 100 valence electrons. The van der Waals surface area contributed by atoms with E-state index in [1.807, 2.05) is 54.8 Å². The van der Waals surface area contributed by atoms with Crippen LogP contribution in [0.3, 0.4) is 0 Å². The Morgan fingerprint density at radius 1 is 1.15 bits per heavy atom. The number of hydrogen-bond donors (Lipinski definition) is 0. The van der Waals surface area contributed by atoms with Gasteiger partial charge in [-0.25, -0.2) is 4.98 Å². The number of nitrogens with zero attached hydrogens (tertiary/aromatic N) is 2. The van der Waals surface area contributed by atoms with E-state index in [0.717, 1.165) is 14.8 Å². The van der Waals surface area contributed by atoms with Crippen molar-refractivity contribution in [2.24, 2.45) is 0 Å². The maximum absolute atomic E-state index is 12.8. The number of benzene rings is 2. The fourth-order valence-corrected chi connectivity index (χ4v) is 3.13. The first-order chi connectivity index (χ1) is 9.70. The number of fused-ring (bicyclic) bond motifs is 1. The van der Waals surface area contributed by atoms with Crippen molar-refractivity contribution >= 4 is 45.3 Å². The lowest BCUT2D eigenvalue weighted by Crippen LogP contribution is -2.21. The van der Waals surface area contributed by atoms with Crippen molar-refractivity contribution in [2.45, 2.75) is 5.16 Å². The third-order valence-corrected chi connectivity index (χ3v) is 4.31. The van der Waals surface area contributed by atoms with Gasteiger partial charge in [0, 0.05) is 3.57 Å². The topological polar surface area (TPSA) is 34.9 Å². The number of hydrogen-bond acceptors (Lipinski definition) is 3. The molecule has 5 heteroatoms. The van der Waals surface area contributed by atoms with Gasteiger partial charge in [0.2, 0.25) is 0 Å². The van der Waals surface area contributed by atoms with Crippen LogP contribution in [0, 0.1) is 3.57 Å². The van der Waals surface area contributed by atoms with Crippen molar-refractivity contribution in [3.8, 4) is 5.69 Å². The van der Waals surface area contributed by atoms with Crippen LogP contribution in [0.2, 0.25) is 0 Å². The summed E-state index contributed by atoms with van der Waals surface area (Å²) in [6, 6.07) is 15.4.